The van der Waals surface area contributed by atoms with Gasteiger partial charge in [-0.05, 0) is 18.1 Å². The number of benzene rings is 1. The maximum atomic E-state index is 5.43. The molecule has 0 saturated heterocycles. The molecule has 1 aromatic rings. The van der Waals surface area contributed by atoms with Gasteiger partial charge in [-0.2, -0.15) is 0 Å². The Morgan fingerprint density at radius 1 is 1.24 bits per heavy atom. The second kappa shape index (κ2) is 10.2. The normalized spacial score (nSPS) is 11.5. The van der Waals surface area contributed by atoms with Gasteiger partial charge in [-0.25, -0.2) is 0 Å². The number of hydrogen-bond donors (Lipinski definition) is 1. The molecule has 0 spiro atoms. The lowest BCUT2D eigenvalue weighted by Gasteiger charge is -2.23. The van der Waals surface area contributed by atoms with Crippen LogP contribution in [0.2, 0.25) is 0 Å². The number of methoxy groups -OCH3 is 1. The van der Waals surface area contributed by atoms with Gasteiger partial charge in [0.15, 0.2) is 5.96 Å². The van der Waals surface area contributed by atoms with Gasteiger partial charge in [-0.15, -0.1) is 0 Å². The predicted molar refractivity (Wildman–Crippen MR) is 86.7 cm³/mol. The molecule has 5 heteroatoms. The van der Waals surface area contributed by atoms with Crippen LogP contribution in [0.5, 0.6) is 0 Å². The lowest BCUT2D eigenvalue weighted by atomic mass is 10.1. The third-order valence-electron chi connectivity index (χ3n) is 3.20. The van der Waals surface area contributed by atoms with Gasteiger partial charge in [0.1, 0.15) is 0 Å². The summed E-state index contributed by atoms with van der Waals surface area (Å²) in [7, 11) is 5.50. The largest absolute Gasteiger partial charge is 0.382 e. The third kappa shape index (κ3) is 6.60. The van der Waals surface area contributed by atoms with Gasteiger partial charge < -0.3 is 19.7 Å². The molecule has 0 radical (unpaired) electrons. The van der Waals surface area contributed by atoms with Crippen molar-refractivity contribution in [3.05, 3.63) is 35.4 Å². The van der Waals surface area contributed by atoms with E-state index in [2.05, 4.69) is 46.4 Å². The number of nitrogens with one attached hydrogen (secondary N) is 1. The fourth-order valence-corrected chi connectivity index (χ4v) is 1.98. The van der Waals surface area contributed by atoms with Crippen molar-refractivity contribution in [2.45, 2.75) is 13.5 Å². The molecule has 0 heterocycles. The highest BCUT2D eigenvalue weighted by Crippen LogP contribution is 2.09. The van der Waals surface area contributed by atoms with E-state index in [-0.39, 0.29) is 0 Å². The monoisotopic (exact) mass is 293 g/mol. The molecule has 5 nitrogen and oxygen atoms in total. The highest BCUT2D eigenvalue weighted by atomic mass is 16.5. The Hall–Kier alpha value is -1.59. The number of aliphatic imine (C=N–C) groups is 1. The summed E-state index contributed by atoms with van der Waals surface area (Å²) in [5.74, 6) is 0.869. The van der Waals surface area contributed by atoms with Crippen LogP contribution in [-0.4, -0.2) is 58.4 Å². The van der Waals surface area contributed by atoms with Crippen molar-refractivity contribution in [1.82, 2.24) is 10.2 Å². The van der Waals surface area contributed by atoms with Crippen molar-refractivity contribution < 1.29 is 9.47 Å². The Kier molecular flexibility index (Phi) is 8.47. The van der Waals surface area contributed by atoms with Gasteiger partial charge in [0.05, 0.1) is 19.8 Å². The summed E-state index contributed by atoms with van der Waals surface area (Å²) in [6.45, 7) is 5.58. The maximum Gasteiger partial charge on any atom is 0.193 e. The smallest absolute Gasteiger partial charge is 0.193 e. The van der Waals surface area contributed by atoms with E-state index in [1.807, 2.05) is 7.05 Å². The van der Waals surface area contributed by atoms with Crippen LogP contribution in [0.15, 0.2) is 29.3 Å². The molecule has 0 aliphatic rings. The van der Waals surface area contributed by atoms with E-state index < -0.39 is 0 Å². The Balaban J connectivity index is 2.36. The third-order valence-corrected chi connectivity index (χ3v) is 3.20. The summed E-state index contributed by atoms with van der Waals surface area (Å²) in [5.41, 5.74) is 2.60. The van der Waals surface area contributed by atoms with Gasteiger partial charge in [0.25, 0.3) is 0 Å². The zero-order valence-corrected chi connectivity index (χ0v) is 13.6. The van der Waals surface area contributed by atoms with E-state index in [1.54, 1.807) is 14.2 Å². The molecule has 0 aliphatic carbocycles. The molecule has 0 bridgehead atoms. The van der Waals surface area contributed by atoms with Crippen molar-refractivity contribution in [3.63, 3.8) is 0 Å². The number of hydrogen-bond acceptors (Lipinski definition) is 3. The molecule has 0 fully saturated rings. The zero-order valence-electron chi connectivity index (χ0n) is 13.6. The molecule has 0 saturated carbocycles. The quantitative estimate of drug-likeness (QED) is 0.450. The second-order valence-electron chi connectivity index (χ2n) is 4.86. The topological polar surface area (TPSA) is 46.1 Å². The molecule has 0 amide bonds. The molecule has 0 aliphatic heterocycles. The maximum absolute atomic E-state index is 5.43. The summed E-state index contributed by atoms with van der Waals surface area (Å²) in [4.78, 5) is 6.41. The van der Waals surface area contributed by atoms with E-state index in [0.29, 0.717) is 19.8 Å². The van der Waals surface area contributed by atoms with Crippen LogP contribution in [0, 0.1) is 6.92 Å². The first kappa shape index (κ1) is 17.5. The molecular weight excluding hydrogens is 266 g/mol. The molecule has 0 aromatic heterocycles. The van der Waals surface area contributed by atoms with Gasteiger partial charge in [-0.1, -0.05) is 24.3 Å². The van der Waals surface area contributed by atoms with E-state index in [9.17, 15) is 0 Å². The van der Waals surface area contributed by atoms with E-state index >= 15 is 0 Å². The van der Waals surface area contributed by atoms with Gasteiger partial charge in [0, 0.05) is 34.3 Å². The summed E-state index contributed by atoms with van der Waals surface area (Å²) >= 11 is 0. The Morgan fingerprint density at radius 2 is 2.00 bits per heavy atom. The molecule has 0 unspecified atom stereocenters. The van der Waals surface area contributed by atoms with Crippen LogP contribution in [-0.2, 0) is 16.0 Å². The Bertz CT molecular complexity index is 435. The van der Waals surface area contributed by atoms with Crippen molar-refractivity contribution in [3.8, 4) is 0 Å². The van der Waals surface area contributed by atoms with Crippen molar-refractivity contribution in [2.75, 3.05) is 47.6 Å². The minimum absolute atomic E-state index is 0.621. The van der Waals surface area contributed by atoms with Crippen LogP contribution < -0.4 is 5.32 Å². The first-order valence-electron chi connectivity index (χ1n) is 7.22. The molecule has 1 rings (SSSR count). The Labute approximate surface area is 128 Å². The summed E-state index contributed by atoms with van der Waals surface area (Å²) in [6, 6.07) is 8.40. The molecule has 118 valence electrons. The number of rotatable bonds is 8. The Morgan fingerprint density at radius 3 is 2.67 bits per heavy atom. The van der Waals surface area contributed by atoms with Crippen LogP contribution >= 0.6 is 0 Å². The number of ether oxygens (including phenoxy) is 2. The molecule has 1 N–H and O–H groups in total. The van der Waals surface area contributed by atoms with Crippen LogP contribution in [0.4, 0.5) is 0 Å². The van der Waals surface area contributed by atoms with Gasteiger partial charge in [-0.3, -0.25) is 4.99 Å². The van der Waals surface area contributed by atoms with Gasteiger partial charge >= 0.3 is 0 Å². The van der Waals surface area contributed by atoms with Crippen LogP contribution in [0.25, 0.3) is 0 Å². The average molecular weight is 293 g/mol. The zero-order chi connectivity index (χ0) is 15.5. The minimum Gasteiger partial charge on any atom is -0.382 e. The van der Waals surface area contributed by atoms with Crippen molar-refractivity contribution in [2.24, 2.45) is 4.99 Å². The van der Waals surface area contributed by atoms with Gasteiger partial charge in [0.2, 0.25) is 0 Å². The molecular formula is C16H27N3O2. The minimum atomic E-state index is 0.621. The number of nitrogens with zero attached hydrogens (tertiary/aromatic N) is 2. The SMILES string of the molecule is CN=C(NCCOCCOC)N(C)Cc1ccccc1C. The number of aryl methyl sites for hydroxylation is 1. The summed E-state index contributed by atoms with van der Waals surface area (Å²) in [6.07, 6.45) is 0. The fourth-order valence-electron chi connectivity index (χ4n) is 1.98. The van der Waals surface area contributed by atoms with Crippen molar-refractivity contribution >= 4 is 5.96 Å². The summed E-state index contributed by atoms with van der Waals surface area (Å²) < 4.78 is 10.4. The lowest BCUT2D eigenvalue weighted by Crippen LogP contribution is -2.40. The summed E-state index contributed by atoms with van der Waals surface area (Å²) in [5, 5.41) is 3.30. The predicted octanol–water partition coefficient (Wildman–Crippen LogP) is 1.67. The molecule has 21 heavy (non-hydrogen) atoms. The first-order chi connectivity index (χ1) is 10.2. The van der Waals surface area contributed by atoms with Crippen LogP contribution in [0.1, 0.15) is 11.1 Å². The average Bonchev–Trinajstić information content (AvgIpc) is 2.49. The molecule has 1 aromatic carbocycles. The lowest BCUT2D eigenvalue weighted by molar-refractivity contribution is 0.0731. The standard InChI is InChI=1S/C16H27N3O2/c1-14-7-5-6-8-15(14)13-19(3)16(17-2)18-9-10-21-12-11-20-4/h5-8H,9-13H2,1-4H3,(H,17,18). The van der Waals surface area contributed by atoms with E-state index in [4.69, 9.17) is 9.47 Å². The first-order valence-corrected chi connectivity index (χ1v) is 7.22. The van der Waals surface area contributed by atoms with Crippen molar-refractivity contribution in [1.29, 1.82) is 0 Å². The number of guanidine groups is 1. The fraction of sp³-hybridized carbons (Fsp3) is 0.562. The van der Waals surface area contributed by atoms with Crippen LogP contribution in [0.3, 0.4) is 0 Å². The van der Waals surface area contributed by atoms with E-state index in [0.717, 1.165) is 19.0 Å². The highest BCUT2D eigenvalue weighted by molar-refractivity contribution is 5.79. The van der Waals surface area contributed by atoms with E-state index in [1.165, 1.54) is 11.1 Å². The second-order valence-corrected chi connectivity index (χ2v) is 4.86. The molecule has 0 atom stereocenters. The highest BCUT2D eigenvalue weighted by Gasteiger charge is 2.07.